The van der Waals surface area contributed by atoms with Crippen molar-refractivity contribution in [3.63, 3.8) is 0 Å². The van der Waals surface area contributed by atoms with Gasteiger partial charge in [0.1, 0.15) is 16.9 Å². The Morgan fingerprint density at radius 2 is 2.18 bits per heavy atom. The summed E-state index contributed by atoms with van der Waals surface area (Å²) in [5.41, 5.74) is 0.839. The Bertz CT molecular complexity index is 764. The second-order valence-corrected chi connectivity index (χ2v) is 3.65. The zero-order valence-electron chi connectivity index (χ0n) is 9.10. The Morgan fingerprint density at radius 1 is 1.29 bits per heavy atom. The molecular formula is C12H9N3O2. The average molecular weight is 227 g/mol. The number of para-hydroxylation sites is 1. The van der Waals surface area contributed by atoms with Crippen LogP contribution in [0.2, 0.25) is 0 Å². The monoisotopic (exact) mass is 227 g/mol. The Labute approximate surface area is 96.1 Å². The van der Waals surface area contributed by atoms with Gasteiger partial charge in [-0.15, -0.1) is 0 Å². The molecule has 3 rings (SSSR count). The molecule has 0 atom stereocenters. The third-order valence-electron chi connectivity index (χ3n) is 2.60. The lowest BCUT2D eigenvalue weighted by Gasteiger charge is -2.05. The second kappa shape index (κ2) is 3.55. The summed E-state index contributed by atoms with van der Waals surface area (Å²) in [4.78, 5) is 21.8. The average Bonchev–Trinajstić information content (AvgIpc) is 2.35. The number of aromatic amines is 1. The first-order chi connectivity index (χ1) is 8.28. The number of pyridine rings is 1. The Balaban J connectivity index is 2.48. The minimum atomic E-state index is -0.403. The van der Waals surface area contributed by atoms with E-state index in [0.717, 1.165) is 16.3 Å². The third-order valence-corrected chi connectivity index (χ3v) is 2.60. The summed E-state index contributed by atoms with van der Waals surface area (Å²) in [5, 5.41) is 1.75. The molecule has 0 aliphatic heterocycles. The fraction of sp³-hybridized carbons (Fsp3) is 0.0833. The van der Waals surface area contributed by atoms with Gasteiger partial charge >= 0.3 is 5.69 Å². The van der Waals surface area contributed by atoms with Crippen molar-refractivity contribution in [2.75, 3.05) is 7.11 Å². The SMILES string of the molecule is COc1cccc2cc3cnc(=O)[nH]c3nc12. The van der Waals surface area contributed by atoms with Crippen LogP contribution in [0, 0.1) is 0 Å². The number of methoxy groups -OCH3 is 1. The maximum atomic E-state index is 11.1. The number of benzene rings is 1. The van der Waals surface area contributed by atoms with Crippen molar-refractivity contribution < 1.29 is 4.74 Å². The second-order valence-electron chi connectivity index (χ2n) is 3.65. The molecule has 5 nitrogen and oxygen atoms in total. The molecule has 0 amide bonds. The summed E-state index contributed by atoms with van der Waals surface area (Å²) in [5.74, 6) is 0.682. The van der Waals surface area contributed by atoms with Crippen LogP contribution in [-0.2, 0) is 0 Å². The highest BCUT2D eigenvalue weighted by molar-refractivity contribution is 5.93. The molecular weight excluding hydrogens is 218 g/mol. The zero-order chi connectivity index (χ0) is 11.8. The maximum Gasteiger partial charge on any atom is 0.346 e. The number of nitrogens with zero attached hydrogens (tertiary/aromatic N) is 2. The van der Waals surface area contributed by atoms with Gasteiger partial charge in [0, 0.05) is 17.0 Å². The lowest BCUT2D eigenvalue weighted by Crippen LogP contribution is -2.09. The standard InChI is InChI=1S/C12H9N3O2/c1-17-9-4-2-3-7-5-8-6-13-12(16)15-11(8)14-10(7)9/h2-6H,1H3,(H,13,14,15,16). The first-order valence-corrected chi connectivity index (χ1v) is 5.11. The van der Waals surface area contributed by atoms with Crippen LogP contribution in [-0.4, -0.2) is 22.1 Å². The van der Waals surface area contributed by atoms with E-state index in [2.05, 4.69) is 15.0 Å². The highest BCUT2D eigenvalue weighted by atomic mass is 16.5. The third kappa shape index (κ3) is 1.52. The van der Waals surface area contributed by atoms with Gasteiger partial charge < -0.3 is 4.74 Å². The van der Waals surface area contributed by atoms with Crippen LogP contribution in [0.4, 0.5) is 0 Å². The summed E-state index contributed by atoms with van der Waals surface area (Å²) in [6.07, 6.45) is 1.51. The van der Waals surface area contributed by atoms with Crippen molar-refractivity contribution >= 4 is 21.9 Å². The predicted octanol–water partition coefficient (Wildman–Crippen LogP) is 1.48. The molecule has 5 heteroatoms. The van der Waals surface area contributed by atoms with Crippen LogP contribution in [0.25, 0.3) is 21.9 Å². The van der Waals surface area contributed by atoms with Crippen LogP contribution in [0.5, 0.6) is 5.75 Å². The number of hydrogen-bond acceptors (Lipinski definition) is 4. The van der Waals surface area contributed by atoms with Crippen molar-refractivity contribution in [1.29, 1.82) is 0 Å². The highest BCUT2D eigenvalue weighted by Gasteiger charge is 2.05. The summed E-state index contributed by atoms with van der Waals surface area (Å²) in [7, 11) is 1.59. The van der Waals surface area contributed by atoms with Crippen LogP contribution in [0.3, 0.4) is 0 Å². The van der Waals surface area contributed by atoms with Gasteiger partial charge in [0.2, 0.25) is 0 Å². The van der Waals surface area contributed by atoms with Crippen LogP contribution >= 0.6 is 0 Å². The molecule has 17 heavy (non-hydrogen) atoms. The summed E-state index contributed by atoms with van der Waals surface area (Å²) in [6.45, 7) is 0. The van der Waals surface area contributed by atoms with E-state index in [-0.39, 0.29) is 0 Å². The van der Waals surface area contributed by atoms with Gasteiger partial charge in [-0.2, -0.15) is 0 Å². The highest BCUT2D eigenvalue weighted by Crippen LogP contribution is 2.25. The first-order valence-electron chi connectivity index (χ1n) is 5.11. The molecule has 0 aliphatic carbocycles. The van der Waals surface area contributed by atoms with E-state index >= 15 is 0 Å². The lowest BCUT2D eigenvalue weighted by molar-refractivity contribution is 0.419. The van der Waals surface area contributed by atoms with E-state index < -0.39 is 5.69 Å². The largest absolute Gasteiger partial charge is 0.494 e. The van der Waals surface area contributed by atoms with Gasteiger partial charge in [-0.3, -0.25) is 4.98 Å². The zero-order valence-corrected chi connectivity index (χ0v) is 9.10. The quantitative estimate of drug-likeness (QED) is 0.639. The van der Waals surface area contributed by atoms with E-state index in [1.165, 1.54) is 6.20 Å². The van der Waals surface area contributed by atoms with E-state index in [0.29, 0.717) is 11.4 Å². The van der Waals surface area contributed by atoms with E-state index in [1.807, 2.05) is 24.3 Å². The molecule has 2 heterocycles. The minimum Gasteiger partial charge on any atom is -0.494 e. The lowest BCUT2D eigenvalue weighted by atomic mass is 10.2. The normalized spacial score (nSPS) is 10.9. The molecule has 0 bridgehead atoms. The first kappa shape index (κ1) is 9.77. The summed E-state index contributed by atoms with van der Waals surface area (Å²) < 4.78 is 5.24. The summed E-state index contributed by atoms with van der Waals surface area (Å²) in [6, 6.07) is 7.59. The van der Waals surface area contributed by atoms with Crippen LogP contribution in [0.15, 0.2) is 35.3 Å². The van der Waals surface area contributed by atoms with Gasteiger partial charge in [0.05, 0.1) is 7.11 Å². The molecule has 0 fully saturated rings. The molecule has 0 aliphatic rings. The maximum absolute atomic E-state index is 11.1. The molecule has 0 spiro atoms. The van der Waals surface area contributed by atoms with E-state index in [9.17, 15) is 4.79 Å². The molecule has 0 saturated heterocycles. The molecule has 2 aromatic heterocycles. The molecule has 3 aromatic rings. The van der Waals surface area contributed by atoms with Crippen molar-refractivity contribution in [3.8, 4) is 5.75 Å². The van der Waals surface area contributed by atoms with Gasteiger partial charge in [0.15, 0.2) is 0 Å². The number of ether oxygens (including phenoxy) is 1. The van der Waals surface area contributed by atoms with Crippen molar-refractivity contribution in [1.82, 2.24) is 15.0 Å². The van der Waals surface area contributed by atoms with Crippen molar-refractivity contribution in [2.45, 2.75) is 0 Å². The molecule has 0 radical (unpaired) electrons. The van der Waals surface area contributed by atoms with Crippen molar-refractivity contribution in [3.05, 3.63) is 40.9 Å². The topological polar surface area (TPSA) is 67.9 Å². The van der Waals surface area contributed by atoms with Gasteiger partial charge in [-0.05, 0) is 12.1 Å². The number of rotatable bonds is 1. The Morgan fingerprint density at radius 3 is 3.00 bits per heavy atom. The molecule has 84 valence electrons. The molecule has 1 aromatic carbocycles. The smallest absolute Gasteiger partial charge is 0.346 e. The number of H-pyrrole nitrogens is 1. The summed E-state index contributed by atoms with van der Waals surface area (Å²) >= 11 is 0. The van der Waals surface area contributed by atoms with Gasteiger partial charge in [-0.1, -0.05) is 12.1 Å². The fourth-order valence-corrected chi connectivity index (χ4v) is 1.81. The number of fused-ring (bicyclic) bond motifs is 2. The minimum absolute atomic E-state index is 0.403. The van der Waals surface area contributed by atoms with Gasteiger partial charge in [-0.25, -0.2) is 14.8 Å². The Hall–Kier alpha value is -2.43. The number of hydrogen-bond donors (Lipinski definition) is 1. The number of aromatic nitrogens is 3. The van der Waals surface area contributed by atoms with E-state index in [4.69, 9.17) is 4.74 Å². The van der Waals surface area contributed by atoms with Gasteiger partial charge in [0.25, 0.3) is 0 Å². The van der Waals surface area contributed by atoms with Crippen LogP contribution in [0.1, 0.15) is 0 Å². The molecule has 1 N–H and O–H groups in total. The molecule has 0 unspecified atom stereocenters. The number of nitrogens with one attached hydrogen (secondary N) is 1. The van der Waals surface area contributed by atoms with E-state index in [1.54, 1.807) is 7.11 Å². The fourth-order valence-electron chi connectivity index (χ4n) is 1.81. The van der Waals surface area contributed by atoms with Crippen LogP contribution < -0.4 is 10.4 Å². The molecule has 0 saturated carbocycles. The Kier molecular flexibility index (Phi) is 2.04. The predicted molar refractivity (Wildman–Crippen MR) is 64.2 cm³/mol. The van der Waals surface area contributed by atoms with Crippen molar-refractivity contribution in [2.24, 2.45) is 0 Å².